The van der Waals surface area contributed by atoms with Crippen molar-refractivity contribution < 1.29 is 0 Å². The van der Waals surface area contributed by atoms with Crippen LogP contribution in [0, 0.1) is 5.92 Å². The Labute approximate surface area is 87.6 Å². The fourth-order valence-corrected chi connectivity index (χ4v) is 2.62. The van der Waals surface area contributed by atoms with Crippen molar-refractivity contribution in [3.05, 3.63) is 11.8 Å². The largest absolute Gasteiger partial charge is 0.375 e. The van der Waals surface area contributed by atoms with Crippen LogP contribution >= 0.6 is 0 Å². The summed E-state index contributed by atoms with van der Waals surface area (Å²) >= 11 is 0. The van der Waals surface area contributed by atoms with Crippen molar-refractivity contribution in [2.24, 2.45) is 5.92 Å². The molecule has 2 rings (SSSR count). The van der Waals surface area contributed by atoms with Crippen LogP contribution in [0.3, 0.4) is 0 Å². The second-order valence-electron chi connectivity index (χ2n) is 4.87. The van der Waals surface area contributed by atoms with Crippen LogP contribution in [0.4, 0.5) is 0 Å². The molecule has 2 unspecified atom stereocenters. The maximum Gasteiger partial charge on any atom is 0.0266 e. The molecule has 0 saturated carbocycles. The average molecular weight is 194 g/mol. The molecule has 80 valence electrons. The van der Waals surface area contributed by atoms with Gasteiger partial charge in [-0.1, -0.05) is 6.92 Å². The van der Waals surface area contributed by atoms with E-state index in [0.29, 0.717) is 12.0 Å². The fourth-order valence-electron chi connectivity index (χ4n) is 2.62. The Morgan fingerprint density at radius 3 is 2.50 bits per heavy atom. The van der Waals surface area contributed by atoms with Gasteiger partial charge in [-0.15, -0.1) is 0 Å². The number of likely N-dealkylation sites (N-methyl/N-ethyl adjacent to an activating group) is 1. The highest BCUT2D eigenvalue weighted by Crippen LogP contribution is 2.26. The lowest BCUT2D eigenvalue weighted by atomic mass is 9.98. The van der Waals surface area contributed by atoms with Crippen molar-refractivity contribution in [3.63, 3.8) is 0 Å². The summed E-state index contributed by atoms with van der Waals surface area (Å²) in [6, 6.07) is 0.613. The third-order valence-electron chi connectivity index (χ3n) is 3.65. The van der Waals surface area contributed by atoms with E-state index in [1.54, 1.807) is 5.70 Å². The van der Waals surface area contributed by atoms with E-state index in [9.17, 15) is 0 Å². The summed E-state index contributed by atoms with van der Waals surface area (Å²) in [5.41, 5.74) is 1.60. The number of nitrogens with zero attached hydrogens (tertiary/aromatic N) is 2. The normalized spacial score (nSPS) is 34.8. The van der Waals surface area contributed by atoms with Gasteiger partial charge in [0.1, 0.15) is 0 Å². The zero-order chi connectivity index (χ0) is 10.1. The lowest BCUT2D eigenvalue weighted by Gasteiger charge is -2.37. The molecule has 0 amide bonds. The highest BCUT2D eigenvalue weighted by atomic mass is 15.2. The van der Waals surface area contributed by atoms with Gasteiger partial charge in [0.25, 0.3) is 0 Å². The smallest absolute Gasteiger partial charge is 0.0266 e. The Morgan fingerprint density at radius 1 is 1.21 bits per heavy atom. The lowest BCUT2D eigenvalue weighted by molar-refractivity contribution is 0.217. The summed E-state index contributed by atoms with van der Waals surface area (Å²) in [5, 5.41) is 0. The molecule has 2 heterocycles. The fraction of sp³-hybridized carbons (Fsp3) is 0.833. The first kappa shape index (κ1) is 10.0. The molecule has 2 aliphatic rings. The van der Waals surface area contributed by atoms with Crippen LogP contribution in [0.15, 0.2) is 11.8 Å². The van der Waals surface area contributed by atoms with Gasteiger partial charge in [-0.25, -0.2) is 0 Å². The van der Waals surface area contributed by atoms with Gasteiger partial charge in [0.05, 0.1) is 0 Å². The number of rotatable bonds is 1. The van der Waals surface area contributed by atoms with E-state index in [4.69, 9.17) is 0 Å². The topological polar surface area (TPSA) is 6.48 Å². The highest BCUT2D eigenvalue weighted by molar-refractivity contribution is 5.13. The van der Waals surface area contributed by atoms with Gasteiger partial charge in [-0.05, 0) is 32.9 Å². The van der Waals surface area contributed by atoms with Crippen LogP contribution in [0.2, 0.25) is 0 Å². The third kappa shape index (κ3) is 1.81. The minimum absolute atomic E-state index is 0.613. The maximum absolute atomic E-state index is 2.59. The summed E-state index contributed by atoms with van der Waals surface area (Å²) in [5.74, 6) is 0.717. The van der Waals surface area contributed by atoms with Crippen molar-refractivity contribution in [1.82, 2.24) is 9.80 Å². The van der Waals surface area contributed by atoms with E-state index >= 15 is 0 Å². The second kappa shape index (κ2) is 3.93. The Balaban J connectivity index is 2.12. The van der Waals surface area contributed by atoms with E-state index in [0.717, 1.165) is 0 Å². The molecule has 0 aromatic heterocycles. The van der Waals surface area contributed by atoms with Gasteiger partial charge in [-0.3, -0.25) is 4.90 Å². The van der Waals surface area contributed by atoms with Crippen molar-refractivity contribution >= 4 is 0 Å². The Bertz CT molecular complexity index is 228. The van der Waals surface area contributed by atoms with Crippen LogP contribution in [-0.4, -0.2) is 42.5 Å². The van der Waals surface area contributed by atoms with Crippen molar-refractivity contribution in [1.29, 1.82) is 0 Å². The second-order valence-corrected chi connectivity index (χ2v) is 4.87. The first-order chi connectivity index (χ1) is 6.68. The molecule has 0 aromatic rings. The molecule has 2 heteroatoms. The monoisotopic (exact) mass is 194 g/mol. The van der Waals surface area contributed by atoms with Crippen LogP contribution in [0.25, 0.3) is 0 Å². The van der Waals surface area contributed by atoms with Gasteiger partial charge in [0.2, 0.25) is 0 Å². The Morgan fingerprint density at radius 2 is 1.86 bits per heavy atom. The molecule has 2 nitrogen and oxygen atoms in total. The minimum Gasteiger partial charge on any atom is -0.375 e. The maximum atomic E-state index is 2.59. The molecule has 1 saturated heterocycles. The summed E-state index contributed by atoms with van der Waals surface area (Å²) < 4.78 is 0. The van der Waals surface area contributed by atoms with E-state index in [1.807, 2.05) is 0 Å². The lowest BCUT2D eigenvalue weighted by Crippen LogP contribution is -2.40. The van der Waals surface area contributed by atoms with Gasteiger partial charge in [0.15, 0.2) is 0 Å². The molecule has 2 atom stereocenters. The van der Waals surface area contributed by atoms with E-state index in [2.05, 4.69) is 36.8 Å². The number of hydrogen-bond donors (Lipinski definition) is 0. The van der Waals surface area contributed by atoms with Gasteiger partial charge >= 0.3 is 0 Å². The van der Waals surface area contributed by atoms with Crippen LogP contribution in [0.1, 0.15) is 26.7 Å². The van der Waals surface area contributed by atoms with Crippen LogP contribution < -0.4 is 0 Å². The van der Waals surface area contributed by atoms with Gasteiger partial charge in [0, 0.05) is 37.3 Å². The van der Waals surface area contributed by atoms with E-state index in [1.165, 1.54) is 32.5 Å². The van der Waals surface area contributed by atoms with Crippen LogP contribution in [0.5, 0.6) is 0 Å². The standard InChI is InChI=1S/C12H22N2/c1-10-9-13(3)11(2)8-12(10)14-6-4-5-7-14/h8,10-11H,4-7,9H2,1-3H3. The molecule has 14 heavy (non-hydrogen) atoms. The van der Waals surface area contributed by atoms with Crippen molar-refractivity contribution in [3.8, 4) is 0 Å². The van der Waals surface area contributed by atoms with Gasteiger partial charge < -0.3 is 4.90 Å². The molecular formula is C12H22N2. The summed E-state index contributed by atoms with van der Waals surface area (Å²) in [4.78, 5) is 5.03. The Hall–Kier alpha value is -0.500. The van der Waals surface area contributed by atoms with Gasteiger partial charge in [-0.2, -0.15) is 0 Å². The molecule has 0 radical (unpaired) electrons. The van der Waals surface area contributed by atoms with Crippen molar-refractivity contribution in [2.45, 2.75) is 32.7 Å². The summed E-state index contributed by atoms with van der Waals surface area (Å²) in [6.45, 7) is 8.43. The first-order valence-corrected chi connectivity index (χ1v) is 5.85. The first-order valence-electron chi connectivity index (χ1n) is 5.85. The molecule has 2 aliphatic heterocycles. The molecule has 1 fully saturated rings. The van der Waals surface area contributed by atoms with E-state index in [-0.39, 0.29) is 0 Å². The zero-order valence-electron chi connectivity index (χ0n) is 9.66. The van der Waals surface area contributed by atoms with Crippen LogP contribution in [-0.2, 0) is 0 Å². The van der Waals surface area contributed by atoms with E-state index < -0.39 is 0 Å². The zero-order valence-corrected chi connectivity index (χ0v) is 9.66. The summed E-state index contributed by atoms with van der Waals surface area (Å²) in [7, 11) is 2.22. The predicted octanol–water partition coefficient (Wildman–Crippen LogP) is 1.94. The number of hydrogen-bond acceptors (Lipinski definition) is 2. The Kier molecular flexibility index (Phi) is 2.82. The molecule has 0 bridgehead atoms. The quantitative estimate of drug-likeness (QED) is 0.629. The highest BCUT2D eigenvalue weighted by Gasteiger charge is 2.26. The third-order valence-corrected chi connectivity index (χ3v) is 3.65. The SMILES string of the molecule is CC1CN(C)C(C)C=C1N1CCCC1. The number of likely N-dealkylation sites (tertiary alicyclic amines) is 1. The molecule has 0 spiro atoms. The molecule has 0 aliphatic carbocycles. The molecule has 0 N–H and O–H groups in total. The summed E-state index contributed by atoms with van der Waals surface area (Å²) in [6.07, 6.45) is 5.22. The molecule has 0 aromatic carbocycles. The average Bonchev–Trinajstić information content (AvgIpc) is 2.64. The van der Waals surface area contributed by atoms with Crippen molar-refractivity contribution in [2.75, 3.05) is 26.7 Å². The minimum atomic E-state index is 0.613. The predicted molar refractivity (Wildman–Crippen MR) is 60.1 cm³/mol. The molecular weight excluding hydrogens is 172 g/mol.